The second-order valence-corrected chi connectivity index (χ2v) is 18.9. The summed E-state index contributed by atoms with van der Waals surface area (Å²) in [5, 5.41) is 15.0. The Labute approximate surface area is 265 Å². The van der Waals surface area contributed by atoms with Crippen LogP contribution in [0.15, 0.2) is 72.6 Å². The predicted molar refractivity (Wildman–Crippen MR) is 175 cm³/mol. The van der Waals surface area contributed by atoms with Gasteiger partial charge in [-0.3, -0.25) is 9.78 Å². The molecule has 1 aromatic heterocycles. The van der Waals surface area contributed by atoms with E-state index in [0.717, 1.165) is 11.1 Å². The van der Waals surface area contributed by atoms with Gasteiger partial charge in [-0.1, -0.05) is 127 Å². The molecule has 0 amide bonds. The van der Waals surface area contributed by atoms with Gasteiger partial charge < -0.3 is 5.11 Å². The monoisotopic (exact) mass is 753 g/mol. The molecule has 2 aliphatic rings. The maximum atomic E-state index is 11.5. The number of rotatable bonds is 1. The molecule has 0 spiro atoms. The van der Waals surface area contributed by atoms with Crippen LogP contribution in [0.4, 0.5) is 0 Å². The third kappa shape index (κ3) is 5.25. The van der Waals surface area contributed by atoms with E-state index in [2.05, 4.69) is 87.6 Å². The number of hydrogen-bond acceptors (Lipinski definition) is 3. The van der Waals surface area contributed by atoms with E-state index in [4.69, 9.17) is 4.98 Å². The molecule has 1 N–H and O–H groups in total. The van der Waals surface area contributed by atoms with Crippen molar-refractivity contribution in [2.45, 2.75) is 73.9 Å². The first-order chi connectivity index (χ1) is 19.0. The van der Waals surface area contributed by atoms with Crippen LogP contribution < -0.4 is 10.4 Å². The number of allylic oxidation sites excluding steroid dienone is 2. The summed E-state index contributed by atoms with van der Waals surface area (Å²) in [6, 6.07) is 23.9. The first-order valence-electron chi connectivity index (χ1n) is 14.5. The zero-order chi connectivity index (χ0) is 30.1. The Morgan fingerprint density at radius 1 is 0.881 bits per heavy atom. The van der Waals surface area contributed by atoms with Crippen molar-refractivity contribution in [2.24, 2.45) is 10.8 Å². The van der Waals surface area contributed by atoms with E-state index in [1.165, 1.54) is 44.5 Å². The fourth-order valence-corrected chi connectivity index (χ4v) is 9.03. The fourth-order valence-electron chi connectivity index (χ4n) is 5.98. The van der Waals surface area contributed by atoms with Gasteiger partial charge >= 0.3 is 0 Å². The minimum atomic E-state index is -1.72. The Balaban J connectivity index is 0.000000249. The predicted octanol–water partition coefficient (Wildman–Crippen LogP) is 8.23. The molecule has 1 radical (unpaired) electrons. The molecule has 0 atom stereocenters. The topological polar surface area (TPSA) is 50.2 Å². The zero-order valence-electron chi connectivity index (χ0n) is 26.5. The summed E-state index contributed by atoms with van der Waals surface area (Å²) in [6.45, 7) is 20.8. The number of hydrogen-bond donors (Lipinski definition) is 1. The Kier molecular flexibility index (Phi) is 8.17. The van der Waals surface area contributed by atoms with Crippen molar-refractivity contribution in [1.82, 2.24) is 4.98 Å². The summed E-state index contributed by atoms with van der Waals surface area (Å²) >= 11 is 0. The number of fused-ring (bicyclic) bond motifs is 3. The number of benzene rings is 3. The maximum absolute atomic E-state index is 11.5. The normalized spacial score (nSPS) is 15.9. The minimum absolute atomic E-state index is 0. The van der Waals surface area contributed by atoms with Crippen molar-refractivity contribution < 1.29 is 30.0 Å². The SMILES string of the molecule is CC(C)(C)C(=O)/C=C(\O)C(C)(C)C.CC1(C)c2cc3ccccc3[c-]c2-c2nccc3c2-c2c1cccc2[Si]3(C)C.[Ir]. The summed E-state index contributed by atoms with van der Waals surface area (Å²) in [4.78, 5) is 16.4. The third-order valence-electron chi connectivity index (χ3n) is 8.76. The van der Waals surface area contributed by atoms with Crippen LogP contribution in [-0.2, 0) is 30.3 Å². The van der Waals surface area contributed by atoms with Gasteiger partial charge in [-0.05, 0) is 33.4 Å². The van der Waals surface area contributed by atoms with E-state index in [-0.39, 0.29) is 42.5 Å². The largest absolute Gasteiger partial charge is 0.512 e. The molecular formula is C37H42IrNO2Si-. The molecule has 0 saturated heterocycles. The first kappa shape index (κ1) is 32.1. The fraction of sp³-hybridized carbons (Fsp3) is 0.351. The standard InChI is InChI=1S/C26H22NSi.C11H20O2.Ir/c1-26(2)19-10-7-11-21-23(19)24-22(28(21,3)4)12-13-27-25(24)18-14-16-8-5-6-9-17(16)15-20(18)26;1-10(2,3)8(12)7-9(13)11(4,5)6;/h5-13,15H,1-4H3;7,12H,1-6H3;/q-1;;/b;8-7-;. The molecule has 5 heteroatoms. The molecule has 3 nitrogen and oxygen atoms in total. The summed E-state index contributed by atoms with van der Waals surface area (Å²) in [6.07, 6.45) is 3.35. The summed E-state index contributed by atoms with van der Waals surface area (Å²) in [5.74, 6) is 0.104. The third-order valence-corrected chi connectivity index (χ3v) is 12.3. The molecule has 6 rings (SSSR count). The van der Waals surface area contributed by atoms with Gasteiger partial charge in [0.15, 0.2) is 5.78 Å². The molecule has 4 aromatic rings. The van der Waals surface area contributed by atoms with E-state index in [9.17, 15) is 9.90 Å². The Hall–Kier alpha value is -2.85. The van der Waals surface area contributed by atoms with Crippen LogP contribution in [0, 0.1) is 16.9 Å². The number of aromatic nitrogens is 1. The van der Waals surface area contributed by atoms with Crippen molar-refractivity contribution in [3.05, 3.63) is 89.8 Å². The van der Waals surface area contributed by atoms with Crippen LogP contribution in [0.5, 0.6) is 0 Å². The van der Waals surface area contributed by atoms with Crippen LogP contribution in [-0.4, -0.2) is 23.9 Å². The smallest absolute Gasteiger partial charge is 0.164 e. The molecular weight excluding hydrogens is 711 g/mol. The van der Waals surface area contributed by atoms with Crippen molar-refractivity contribution in [3.8, 4) is 22.4 Å². The number of pyridine rings is 1. The molecule has 0 fully saturated rings. The van der Waals surface area contributed by atoms with Crippen LogP contribution in [0.3, 0.4) is 0 Å². The summed E-state index contributed by atoms with van der Waals surface area (Å²) in [7, 11) is -1.72. The molecule has 0 bridgehead atoms. The van der Waals surface area contributed by atoms with E-state index < -0.39 is 13.5 Å². The number of carbonyl (C=O) groups is 1. The van der Waals surface area contributed by atoms with Gasteiger partial charge in [-0.2, -0.15) is 0 Å². The van der Waals surface area contributed by atoms with Gasteiger partial charge in [0.1, 0.15) is 13.8 Å². The molecule has 0 unspecified atom stereocenters. The van der Waals surface area contributed by atoms with E-state index in [0.29, 0.717) is 0 Å². The summed E-state index contributed by atoms with van der Waals surface area (Å²) < 4.78 is 0. The van der Waals surface area contributed by atoms with E-state index >= 15 is 0 Å². The first-order valence-corrected chi connectivity index (χ1v) is 17.5. The Morgan fingerprint density at radius 3 is 2.17 bits per heavy atom. The van der Waals surface area contributed by atoms with Gasteiger partial charge in [0.05, 0.1) is 0 Å². The van der Waals surface area contributed by atoms with Gasteiger partial charge in [0.2, 0.25) is 0 Å². The number of aliphatic hydroxyl groups is 1. The van der Waals surface area contributed by atoms with Crippen molar-refractivity contribution in [1.29, 1.82) is 0 Å². The van der Waals surface area contributed by atoms with Crippen LogP contribution in [0.2, 0.25) is 13.1 Å². The zero-order valence-corrected chi connectivity index (χ0v) is 29.9. The number of carbonyl (C=O) groups excluding carboxylic acids is 1. The summed E-state index contributed by atoms with van der Waals surface area (Å²) in [5.41, 5.74) is 7.02. The number of ketones is 1. The molecule has 0 saturated carbocycles. The van der Waals surface area contributed by atoms with Gasteiger partial charge in [-0.15, -0.1) is 23.6 Å². The van der Waals surface area contributed by atoms with Crippen LogP contribution in [0.1, 0.15) is 66.5 Å². The molecule has 1 aliphatic carbocycles. The van der Waals surface area contributed by atoms with Crippen molar-refractivity contribution in [3.63, 3.8) is 0 Å². The van der Waals surface area contributed by atoms with Gasteiger partial charge in [0, 0.05) is 48.9 Å². The van der Waals surface area contributed by atoms with Crippen LogP contribution >= 0.6 is 0 Å². The Morgan fingerprint density at radius 2 is 1.52 bits per heavy atom. The van der Waals surface area contributed by atoms with Gasteiger partial charge in [0.25, 0.3) is 0 Å². The molecule has 2 heterocycles. The molecule has 221 valence electrons. The van der Waals surface area contributed by atoms with Crippen LogP contribution in [0.25, 0.3) is 33.2 Å². The molecule has 1 aliphatic heterocycles. The molecule has 42 heavy (non-hydrogen) atoms. The maximum Gasteiger partial charge on any atom is 0.164 e. The minimum Gasteiger partial charge on any atom is -0.512 e. The Bertz CT molecular complexity index is 1740. The molecule has 3 aromatic carbocycles. The van der Waals surface area contributed by atoms with E-state index in [1.807, 2.05) is 47.7 Å². The van der Waals surface area contributed by atoms with Gasteiger partial charge in [-0.25, -0.2) is 0 Å². The van der Waals surface area contributed by atoms with Crippen molar-refractivity contribution in [2.75, 3.05) is 0 Å². The average molecular weight is 753 g/mol. The van der Waals surface area contributed by atoms with E-state index in [1.54, 1.807) is 5.19 Å². The van der Waals surface area contributed by atoms with Crippen molar-refractivity contribution >= 4 is 35.0 Å². The number of aliphatic hydroxyl groups excluding tert-OH is 1. The average Bonchev–Trinajstić information content (AvgIpc) is 3.09. The number of nitrogens with zero attached hydrogens (tertiary/aromatic N) is 1. The second kappa shape index (κ2) is 10.7. The quantitative estimate of drug-likeness (QED) is 0.0924. The second-order valence-electron chi connectivity index (χ2n) is 14.6.